The van der Waals surface area contributed by atoms with Gasteiger partial charge in [0.2, 0.25) is 11.8 Å². The Morgan fingerprint density at radius 3 is 2.24 bits per heavy atom. The van der Waals surface area contributed by atoms with Crippen molar-refractivity contribution in [3.63, 3.8) is 0 Å². The number of carbonyl (C=O) groups excluding carboxylic acids is 2. The molecule has 2 N–H and O–H groups in total. The van der Waals surface area contributed by atoms with Crippen molar-refractivity contribution in [2.45, 2.75) is 12.8 Å². The topological polar surface area (TPSA) is 61.4 Å². The van der Waals surface area contributed by atoms with Gasteiger partial charge in [-0.25, -0.2) is 5.01 Å². The molecule has 2 amide bonds. The summed E-state index contributed by atoms with van der Waals surface area (Å²) in [4.78, 5) is 22.8. The number of rotatable bonds is 5. The molecule has 0 atom stereocenters. The van der Waals surface area contributed by atoms with E-state index in [2.05, 4.69) is 10.7 Å². The fourth-order valence-corrected chi connectivity index (χ4v) is 1.28. The van der Waals surface area contributed by atoms with Crippen molar-refractivity contribution >= 4 is 17.5 Å². The first-order chi connectivity index (χ1) is 8.08. The molecule has 17 heavy (non-hydrogen) atoms. The minimum absolute atomic E-state index is 0.162. The van der Waals surface area contributed by atoms with Crippen LogP contribution in [0.3, 0.4) is 0 Å². The highest BCUT2D eigenvalue weighted by Gasteiger charge is 2.07. The van der Waals surface area contributed by atoms with Crippen molar-refractivity contribution in [3.05, 3.63) is 30.3 Å². The summed E-state index contributed by atoms with van der Waals surface area (Å²) >= 11 is 0. The average Bonchev–Trinajstić information content (AvgIpc) is 2.27. The molecule has 0 spiro atoms. The van der Waals surface area contributed by atoms with E-state index < -0.39 is 0 Å². The molecule has 1 rings (SSSR count). The molecule has 0 aliphatic rings. The number of benzene rings is 1. The predicted octanol–water partition coefficient (Wildman–Crippen LogP) is 0.998. The molecule has 0 saturated carbocycles. The van der Waals surface area contributed by atoms with E-state index in [1.807, 2.05) is 18.2 Å². The Hall–Kier alpha value is -1.88. The second kappa shape index (κ2) is 6.65. The van der Waals surface area contributed by atoms with Gasteiger partial charge in [0.1, 0.15) is 0 Å². The molecule has 0 aliphatic heterocycles. The highest BCUT2D eigenvalue weighted by molar-refractivity contribution is 5.93. The first kappa shape index (κ1) is 13.2. The molecular formula is C12H17N3O2. The van der Waals surface area contributed by atoms with Crippen molar-refractivity contribution in [1.82, 2.24) is 10.4 Å². The highest BCUT2D eigenvalue weighted by Crippen LogP contribution is 2.05. The van der Waals surface area contributed by atoms with Gasteiger partial charge >= 0.3 is 0 Å². The van der Waals surface area contributed by atoms with E-state index in [9.17, 15) is 9.59 Å². The Labute approximate surface area is 101 Å². The number of nitrogens with one attached hydrogen (secondary N) is 2. The van der Waals surface area contributed by atoms with Crippen LogP contribution in [0.25, 0.3) is 0 Å². The summed E-state index contributed by atoms with van der Waals surface area (Å²) in [5.74, 6) is -0.330. The number of hydrazine groups is 1. The van der Waals surface area contributed by atoms with Crippen molar-refractivity contribution in [2.24, 2.45) is 0 Å². The van der Waals surface area contributed by atoms with Crippen LogP contribution in [0.1, 0.15) is 12.8 Å². The van der Waals surface area contributed by atoms with Gasteiger partial charge in [-0.15, -0.1) is 0 Å². The van der Waals surface area contributed by atoms with E-state index in [1.54, 1.807) is 31.2 Å². The molecule has 5 nitrogen and oxygen atoms in total. The third kappa shape index (κ3) is 5.67. The molecule has 0 fully saturated rings. The summed E-state index contributed by atoms with van der Waals surface area (Å²) in [6.07, 6.45) is 0.353. The van der Waals surface area contributed by atoms with E-state index in [1.165, 1.54) is 0 Å². The number of nitrogens with zero attached hydrogens (tertiary/aromatic N) is 1. The van der Waals surface area contributed by atoms with E-state index >= 15 is 0 Å². The Kier molecular flexibility index (Phi) is 5.16. The first-order valence-corrected chi connectivity index (χ1v) is 5.39. The first-order valence-electron chi connectivity index (χ1n) is 5.39. The van der Waals surface area contributed by atoms with Gasteiger partial charge in [-0.1, -0.05) is 18.2 Å². The number of anilines is 1. The quantitative estimate of drug-likeness (QED) is 0.748. The van der Waals surface area contributed by atoms with Crippen LogP contribution in [0, 0.1) is 0 Å². The van der Waals surface area contributed by atoms with Crippen LogP contribution >= 0.6 is 0 Å². The van der Waals surface area contributed by atoms with Gasteiger partial charge in [-0.05, 0) is 12.1 Å². The minimum atomic E-state index is -0.168. The van der Waals surface area contributed by atoms with Gasteiger partial charge in [-0.3, -0.25) is 15.0 Å². The average molecular weight is 235 g/mol. The maximum Gasteiger partial charge on any atom is 0.234 e. The molecule has 0 aromatic heterocycles. The Morgan fingerprint density at radius 2 is 1.65 bits per heavy atom. The molecule has 0 bridgehead atoms. The Morgan fingerprint density at radius 1 is 1.06 bits per heavy atom. The van der Waals surface area contributed by atoms with E-state index in [4.69, 9.17) is 0 Å². The zero-order valence-electron chi connectivity index (χ0n) is 10.1. The monoisotopic (exact) mass is 235 g/mol. The zero-order chi connectivity index (χ0) is 12.7. The molecule has 0 radical (unpaired) electrons. The Balaban J connectivity index is 2.29. The van der Waals surface area contributed by atoms with E-state index in [0.29, 0.717) is 0 Å². The fourth-order valence-electron chi connectivity index (χ4n) is 1.28. The van der Waals surface area contributed by atoms with Crippen LogP contribution in [0.4, 0.5) is 5.69 Å². The summed E-state index contributed by atoms with van der Waals surface area (Å²) in [6, 6.07) is 9.17. The molecule has 92 valence electrons. The van der Waals surface area contributed by atoms with Gasteiger partial charge in [0.15, 0.2) is 0 Å². The molecule has 0 heterocycles. The molecule has 0 aliphatic carbocycles. The lowest BCUT2D eigenvalue weighted by atomic mass is 10.2. The second-order valence-corrected chi connectivity index (χ2v) is 3.84. The van der Waals surface area contributed by atoms with Gasteiger partial charge in [-0.2, -0.15) is 0 Å². The van der Waals surface area contributed by atoms with Crippen LogP contribution in [-0.4, -0.2) is 30.9 Å². The van der Waals surface area contributed by atoms with Crippen LogP contribution in [0.2, 0.25) is 0 Å². The van der Waals surface area contributed by atoms with E-state index in [-0.39, 0.29) is 24.7 Å². The zero-order valence-corrected chi connectivity index (χ0v) is 10.1. The summed E-state index contributed by atoms with van der Waals surface area (Å²) in [5, 5.41) is 4.27. The number of hydrogen-bond acceptors (Lipinski definition) is 3. The third-order valence-corrected chi connectivity index (χ3v) is 1.98. The van der Waals surface area contributed by atoms with Crippen molar-refractivity contribution in [3.8, 4) is 0 Å². The number of carbonyl (C=O) groups is 2. The standard InChI is InChI=1S/C12H17N3O2/c1-15(2)14-12(17)9-8-11(16)13-10-6-4-3-5-7-10/h3-7H,8-9H2,1-2H3,(H,13,16)(H,14,17). The van der Waals surface area contributed by atoms with Crippen LogP contribution in [0.15, 0.2) is 30.3 Å². The number of hydrogen-bond donors (Lipinski definition) is 2. The lowest BCUT2D eigenvalue weighted by Gasteiger charge is -2.11. The number of amides is 2. The lowest BCUT2D eigenvalue weighted by molar-refractivity contribution is -0.127. The smallest absolute Gasteiger partial charge is 0.234 e. The highest BCUT2D eigenvalue weighted by atomic mass is 16.2. The molecule has 1 aromatic rings. The largest absolute Gasteiger partial charge is 0.326 e. The van der Waals surface area contributed by atoms with Crippen molar-refractivity contribution in [1.29, 1.82) is 0 Å². The van der Waals surface area contributed by atoms with Crippen LogP contribution in [0.5, 0.6) is 0 Å². The van der Waals surface area contributed by atoms with Crippen LogP contribution < -0.4 is 10.7 Å². The van der Waals surface area contributed by atoms with Gasteiger partial charge in [0.25, 0.3) is 0 Å². The molecule has 1 aromatic carbocycles. The molecular weight excluding hydrogens is 218 g/mol. The number of para-hydroxylation sites is 1. The molecule has 0 unspecified atom stereocenters. The minimum Gasteiger partial charge on any atom is -0.326 e. The van der Waals surface area contributed by atoms with Crippen molar-refractivity contribution in [2.75, 3.05) is 19.4 Å². The normalized spacial score (nSPS) is 10.1. The molecule has 0 saturated heterocycles. The van der Waals surface area contributed by atoms with Gasteiger partial charge in [0, 0.05) is 32.6 Å². The second-order valence-electron chi connectivity index (χ2n) is 3.84. The summed E-state index contributed by atoms with van der Waals surface area (Å²) in [6.45, 7) is 0. The van der Waals surface area contributed by atoms with Gasteiger partial charge < -0.3 is 5.32 Å². The predicted molar refractivity (Wildman–Crippen MR) is 66.1 cm³/mol. The third-order valence-electron chi connectivity index (χ3n) is 1.98. The summed E-state index contributed by atoms with van der Waals surface area (Å²) in [7, 11) is 3.45. The summed E-state index contributed by atoms with van der Waals surface area (Å²) < 4.78 is 0. The van der Waals surface area contributed by atoms with Crippen molar-refractivity contribution < 1.29 is 9.59 Å². The maximum absolute atomic E-state index is 11.5. The van der Waals surface area contributed by atoms with Crippen LogP contribution in [-0.2, 0) is 9.59 Å². The lowest BCUT2D eigenvalue weighted by Crippen LogP contribution is -2.36. The van der Waals surface area contributed by atoms with Gasteiger partial charge in [0.05, 0.1) is 0 Å². The van der Waals surface area contributed by atoms with E-state index in [0.717, 1.165) is 5.69 Å². The SMILES string of the molecule is CN(C)NC(=O)CCC(=O)Nc1ccccc1. The molecule has 5 heteroatoms. The Bertz CT molecular complexity index is 377. The fraction of sp³-hybridized carbons (Fsp3) is 0.333. The summed E-state index contributed by atoms with van der Waals surface area (Å²) in [5.41, 5.74) is 3.32. The maximum atomic E-state index is 11.5.